The number of allylic oxidation sites excluding steroid dienone is 16. The highest BCUT2D eigenvalue weighted by Crippen LogP contribution is 2.23. The predicted octanol–water partition coefficient (Wildman–Crippen LogP) is 6.96. The van der Waals surface area contributed by atoms with Gasteiger partial charge in [-0.05, 0) is 62.5 Å². The van der Waals surface area contributed by atoms with E-state index in [1.807, 2.05) is 19.1 Å². The summed E-state index contributed by atoms with van der Waals surface area (Å²) in [7, 11) is 0. The highest BCUT2D eigenvalue weighted by molar-refractivity contribution is 5.56. The molecule has 0 aromatic heterocycles. The van der Waals surface area contributed by atoms with Crippen LogP contribution in [0.4, 0.5) is 0 Å². The van der Waals surface area contributed by atoms with Gasteiger partial charge in [-0.3, -0.25) is 0 Å². The van der Waals surface area contributed by atoms with Crippen LogP contribution in [0.5, 0.6) is 0 Å². The van der Waals surface area contributed by atoms with Crippen molar-refractivity contribution in [2.75, 3.05) is 0 Å². The van der Waals surface area contributed by atoms with E-state index in [-0.39, 0.29) is 0 Å². The molecule has 23 heavy (non-hydrogen) atoms. The van der Waals surface area contributed by atoms with E-state index in [1.165, 1.54) is 16.7 Å². The molecule has 0 nitrogen and oxygen atoms in total. The van der Waals surface area contributed by atoms with Crippen molar-refractivity contribution in [1.82, 2.24) is 0 Å². The second-order valence-electron chi connectivity index (χ2n) is 5.86. The first-order valence-corrected chi connectivity index (χ1v) is 8.04. The molecular formula is C23H28. The van der Waals surface area contributed by atoms with Gasteiger partial charge in [0, 0.05) is 0 Å². The maximum atomic E-state index is 3.98. The standard InChI is InChI=1S/C23H28/c1-7-20(15-13-18(4)5)21(8-2)17-22(9-3)23-12-10-11-19(6)14-16-23/h7-10,12-17H,1,3,11H2,2,4-6H3/b20-15+,21-8+,22-17+. The molecule has 0 aliphatic heterocycles. The maximum Gasteiger partial charge on any atom is -0.0135 e. The van der Waals surface area contributed by atoms with Crippen LogP contribution in [0.25, 0.3) is 0 Å². The van der Waals surface area contributed by atoms with Crippen molar-refractivity contribution < 1.29 is 0 Å². The lowest BCUT2D eigenvalue weighted by Gasteiger charge is -2.07. The zero-order valence-electron chi connectivity index (χ0n) is 14.9. The van der Waals surface area contributed by atoms with Crippen LogP contribution in [0, 0.1) is 0 Å². The van der Waals surface area contributed by atoms with Gasteiger partial charge in [-0.2, -0.15) is 0 Å². The predicted molar refractivity (Wildman–Crippen MR) is 105 cm³/mol. The van der Waals surface area contributed by atoms with E-state index in [0.717, 1.165) is 23.1 Å². The number of rotatable bonds is 6. The summed E-state index contributed by atoms with van der Waals surface area (Å²) >= 11 is 0. The first-order chi connectivity index (χ1) is 11.0. The fourth-order valence-electron chi connectivity index (χ4n) is 2.22. The summed E-state index contributed by atoms with van der Waals surface area (Å²) in [4.78, 5) is 0. The molecule has 0 amide bonds. The van der Waals surface area contributed by atoms with Crippen molar-refractivity contribution in [3.8, 4) is 0 Å². The Bertz CT molecular complexity index is 661. The molecule has 1 aliphatic rings. The summed E-state index contributed by atoms with van der Waals surface area (Å²) in [5.41, 5.74) is 7.18. The fourth-order valence-corrected chi connectivity index (χ4v) is 2.22. The van der Waals surface area contributed by atoms with Crippen molar-refractivity contribution in [1.29, 1.82) is 0 Å². The van der Waals surface area contributed by atoms with E-state index >= 15 is 0 Å². The van der Waals surface area contributed by atoms with Gasteiger partial charge in [-0.25, -0.2) is 0 Å². The van der Waals surface area contributed by atoms with E-state index in [1.54, 1.807) is 0 Å². The Balaban J connectivity index is 3.26. The fraction of sp³-hybridized carbons (Fsp3) is 0.217. The molecule has 0 saturated heterocycles. The van der Waals surface area contributed by atoms with Gasteiger partial charge in [0.2, 0.25) is 0 Å². The van der Waals surface area contributed by atoms with Gasteiger partial charge in [0.15, 0.2) is 0 Å². The van der Waals surface area contributed by atoms with Gasteiger partial charge in [0.25, 0.3) is 0 Å². The van der Waals surface area contributed by atoms with Gasteiger partial charge in [0.1, 0.15) is 0 Å². The zero-order valence-corrected chi connectivity index (χ0v) is 14.9. The van der Waals surface area contributed by atoms with E-state index in [4.69, 9.17) is 0 Å². The Hall–Kier alpha value is -2.34. The minimum Gasteiger partial charge on any atom is -0.0984 e. The zero-order chi connectivity index (χ0) is 17.2. The first-order valence-electron chi connectivity index (χ1n) is 8.04. The van der Waals surface area contributed by atoms with E-state index < -0.39 is 0 Å². The van der Waals surface area contributed by atoms with Crippen LogP contribution >= 0.6 is 0 Å². The summed E-state index contributed by atoms with van der Waals surface area (Å²) in [5, 5.41) is 0. The van der Waals surface area contributed by atoms with Crippen LogP contribution in [0.15, 0.2) is 107 Å². The van der Waals surface area contributed by atoms with Crippen LogP contribution in [-0.4, -0.2) is 0 Å². The lowest BCUT2D eigenvalue weighted by molar-refractivity contribution is 1.22. The Labute approximate surface area is 142 Å². The molecule has 0 heteroatoms. The molecule has 0 aromatic carbocycles. The second-order valence-corrected chi connectivity index (χ2v) is 5.86. The molecule has 0 bridgehead atoms. The Morgan fingerprint density at radius 3 is 2.35 bits per heavy atom. The highest BCUT2D eigenvalue weighted by atomic mass is 14.1. The smallest absolute Gasteiger partial charge is 0.0135 e. The van der Waals surface area contributed by atoms with Gasteiger partial charge in [-0.1, -0.05) is 79.0 Å². The lowest BCUT2D eigenvalue weighted by Crippen LogP contribution is -1.88. The van der Waals surface area contributed by atoms with Crippen LogP contribution in [0.1, 0.15) is 34.1 Å². The largest absolute Gasteiger partial charge is 0.0984 e. The van der Waals surface area contributed by atoms with Crippen LogP contribution in [-0.2, 0) is 0 Å². The molecule has 1 aliphatic carbocycles. The second kappa shape index (κ2) is 9.63. The van der Waals surface area contributed by atoms with Gasteiger partial charge in [0.05, 0.1) is 0 Å². The Kier molecular flexibility index (Phi) is 7.83. The van der Waals surface area contributed by atoms with Crippen molar-refractivity contribution in [2.24, 2.45) is 0 Å². The summed E-state index contributed by atoms with van der Waals surface area (Å²) in [5.74, 6) is 0. The van der Waals surface area contributed by atoms with Crippen molar-refractivity contribution >= 4 is 0 Å². The molecule has 0 radical (unpaired) electrons. The summed E-state index contributed by atoms with van der Waals surface area (Å²) in [6.07, 6.45) is 22.0. The van der Waals surface area contributed by atoms with Crippen LogP contribution in [0.2, 0.25) is 0 Å². The van der Waals surface area contributed by atoms with E-state index in [2.05, 4.69) is 82.5 Å². The third-order valence-corrected chi connectivity index (χ3v) is 3.61. The molecule has 0 unspecified atom stereocenters. The molecule has 0 atom stereocenters. The first kappa shape index (κ1) is 18.7. The monoisotopic (exact) mass is 304 g/mol. The van der Waals surface area contributed by atoms with Crippen LogP contribution < -0.4 is 0 Å². The average Bonchev–Trinajstić information content (AvgIpc) is 2.75. The van der Waals surface area contributed by atoms with E-state index in [0.29, 0.717) is 0 Å². The van der Waals surface area contributed by atoms with Crippen molar-refractivity contribution in [3.63, 3.8) is 0 Å². The van der Waals surface area contributed by atoms with Crippen molar-refractivity contribution in [2.45, 2.75) is 34.1 Å². The SMILES string of the molecule is C=C\C(=C/C(=C\C)C(/C=C)=C/C=C(C)C)C1=CC=C(C)CC=C1. The third-order valence-electron chi connectivity index (χ3n) is 3.61. The van der Waals surface area contributed by atoms with Gasteiger partial charge < -0.3 is 0 Å². The molecule has 0 heterocycles. The molecule has 1 rings (SSSR count). The molecule has 0 spiro atoms. The van der Waals surface area contributed by atoms with Gasteiger partial charge in [-0.15, -0.1) is 0 Å². The topological polar surface area (TPSA) is 0 Å². The molecule has 0 fully saturated rings. The molecular weight excluding hydrogens is 276 g/mol. The quantitative estimate of drug-likeness (QED) is 0.465. The van der Waals surface area contributed by atoms with Crippen molar-refractivity contribution in [3.05, 3.63) is 107 Å². The maximum absolute atomic E-state index is 3.98. The summed E-state index contributed by atoms with van der Waals surface area (Å²) in [6, 6.07) is 0. The highest BCUT2D eigenvalue weighted by Gasteiger charge is 2.04. The summed E-state index contributed by atoms with van der Waals surface area (Å²) < 4.78 is 0. The Morgan fingerprint density at radius 2 is 1.78 bits per heavy atom. The average molecular weight is 304 g/mol. The number of hydrogen-bond acceptors (Lipinski definition) is 0. The number of hydrogen-bond donors (Lipinski definition) is 0. The molecule has 0 aromatic rings. The molecule has 0 N–H and O–H groups in total. The minimum atomic E-state index is 0.999. The normalized spacial score (nSPS) is 16.3. The minimum absolute atomic E-state index is 0.999. The lowest BCUT2D eigenvalue weighted by atomic mass is 9.97. The molecule has 120 valence electrons. The van der Waals surface area contributed by atoms with E-state index in [9.17, 15) is 0 Å². The van der Waals surface area contributed by atoms with Gasteiger partial charge >= 0.3 is 0 Å². The van der Waals surface area contributed by atoms with Crippen LogP contribution in [0.3, 0.4) is 0 Å². The molecule has 0 saturated carbocycles. The third kappa shape index (κ3) is 6.12. The summed E-state index contributed by atoms with van der Waals surface area (Å²) in [6.45, 7) is 16.3. The Morgan fingerprint density at radius 1 is 1.04 bits per heavy atom.